The number of hydrogen-bond donors (Lipinski definition) is 0. The van der Waals surface area contributed by atoms with Gasteiger partial charge in [-0.3, -0.25) is 0 Å². The Kier molecular flexibility index (Phi) is 4.67. The Morgan fingerprint density at radius 2 is 1.85 bits per heavy atom. The van der Waals surface area contributed by atoms with Crippen LogP contribution in [0.5, 0.6) is 0 Å². The lowest BCUT2D eigenvalue weighted by Crippen LogP contribution is -2.32. The lowest BCUT2D eigenvalue weighted by Gasteiger charge is -2.36. The van der Waals surface area contributed by atoms with Crippen molar-refractivity contribution in [3.8, 4) is 0 Å². The van der Waals surface area contributed by atoms with E-state index in [0.29, 0.717) is 23.0 Å². The first-order chi connectivity index (χ1) is 9.58. The molecule has 0 aromatic heterocycles. The van der Waals surface area contributed by atoms with Crippen molar-refractivity contribution in [1.29, 1.82) is 0 Å². The second-order valence-electron chi connectivity index (χ2n) is 8.00. The first kappa shape index (κ1) is 15.2. The third kappa shape index (κ3) is 3.19. The SMILES string of the molecule is CC(C)C1CCC(Cl)C(CC2CCC3(CCCC3)O2)C1. The molecule has 0 radical (unpaired) electrons. The van der Waals surface area contributed by atoms with Crippen LogP contribution in [0.1, 0.15) is 78.1 Å². The van der Waals surface area contributed by atoms with Gasteiger partial charge in [0.1, 0.15) is 0 Å². The van der Waals surface area contributed by atoms with Crippen LogP contribution in [0.3, 0.4) is 0 Å². The summed E-state index contributed by atoms with van der Waals surface area (Å²) in [7, 11) is 0. The average Bonchev–Trinajstić information content (AvgIpc) is 3.03. The van der Waals surface area contributed by atoms with Gasteiger partial charge in [0.25, 0.3) is 0 Å². The van der Waals surface area contributed by atoms with Gasteiger partial charge in [0.2, 0.25) is 0 Å². The summed E-state index contributed by atoms with van der Waals surface area (Å²) < 4.78 is 6.50. The molecule has 1 nitrogen and oxygen atoms in total. The zero-order valence-corrected chi connectivity index (χ0v) is 14.0. The summed E-state index contributed by atoms with van der Waals surface area (Å²) in [4.78, 5) is 0. The molecule has 2 heteroatoms. The summed E-state index contributed by atoms with van der Waals surface area (Å²) in [6.45, 7) is 4.74. The Balaban J connectivity index is 1.54. The van der Waals surface area contributed by atoms with E-state index in [9.17, 15) is 0 Å². The predicted molar refractivity (Wildman–Crippen MR) is 85.2 cm³/mol. The normalized spacial score (nSPS) is 40.8. The molecule has 116 valence electrons. The van der Waals surface area contributed by atoms with Gasteiger partial charge in [-0.1, -0.05) is 26.7 Å². The van der Waals surface area contributed by atoms with Crippen LogP contribution in [-0.4, -0.2) is 17.1 Å². The van der Waals surface area contributed by atoms with E-state index in [1.54, 1.807) is 0 Å². The summed E-state index contributed by atoms with van der Waals surface area (Å²) in [5.74, 6) is 2.39. The minimum absolute atomic E-state index is 0.290. The molecule has 0 aromatic rings. The van der Waals surface area contributed by atoms with Crippen molar-refractivity contribution in [3.05, 3.63) is 0 Å². The molecule has 4 atom stereocenters. The highest BCUT2D eigenvalue weighted by Gasteiger charge is 2.43. The smallest absolute Gasteiger partial charge is 0.0687 e. The average molecular weight is 299 g/mol. The maximum atomic E-state index is 6.63. The van der Waals surface area contributed by atoms with Gasteiger partial charge in [0, 0.05) is 5.38 Å². The number of alkyl halides is 1. The molecule has 3 rings (SSSR count). The Hall–Kier alpha value is 0.250. The van der Waals surface area contributed by atoms with Crippen LogP contribution in [-0.2, 0) is 4.74 Å². The zero-order valence-electron chi connectivity index (χ0n) is 13.2. The zero-order chi connectivity index (χ0) is 14.2. The van der Waals surface area contributed by atoms with Crippen molar-refractivity contribution < 1.29 is 4.74 Å². The monoisotopic (exact) mass is 298 g/mol. The lowest BCUT2D eigenvalue weighted by atomic mass is 9.74. The van der Waals surface area contributed by atoms with Crippen LogP contribution in [0.15, 0.2) is 0 Å². The largest absolute Gasteiger partial charge is 0.372 e. The Labute approximate surface area is 129 Å². The molecule has 2 aliphatic carbocycles. The van der Waals surface area contributed by atoms with Crippen molar-refractivity contribution in [3.63, 3.8) is 0 Å². The molecule has 3 aliphatic rings. The Bertz CT molecular complexity index is 321. The van der Waals surface area contributed by atoms with Gasteiger partial charge in [0.15, 0.2) is 0 Å². The van der Waals surface area contributed by atoms with Crippen LogP contribution >= 0.6 is 11.6 Å². The van der Waals surface area contributed by atoms with Crippen LogP contribution < -0.4 is 0 Å². The molecule has 0 bridgehead atoms. The summed E-state index contributed by atoms with van der Waals surface area (Å²) in [6.07, 6.45) is 13.6. The van der Waals surface area contributed by atoms with Crippen molar-refractivity contribution >= 4 is 11.6 Å². The standard InChI is InChI=1S/C18H31ClO/c1-13(2)14-5-6-17(19)15(11-14)12-16-7-10-18(20-16)8-3-4-9-18/h13-17H,3-12H2,1-2H3. The molecule has 20 heavy (non-hydrogen) atoms. The topological polar surface area (TPSA) is 9.23 Å². The molecule has 0 N–H and O–H groups in total. The van der Waals surface area contributed by atoms with Gasteiger partial charge >= 0.3 is 0 Å². The maximum absolute atomic E-state index is 6.63. The van der Waals surface area contributed by atoms with Gasteiger partial charge in [-0.2, -0.15) is 0 Å². The highest BCUT2D eigenvalue weighted by Crippen LogP contribution is 2.46. The summed E-state index contributed by atoms with van der Waals surface area (Å²) in [6, 6.07) is 0. The van der Waals surface area contributed by atoms with Crippen molar-refractivity contribution in [2.45, 2.75) is 95.1 Å². The van der Waals surface area contributed by atoms with E-state index < -0.39 is 0 Å². The number of halogens is 1. The minimum Gasteiger partial charge on any atom is -0.372 e. The van der Waals surface area contributed by atoms with Gasteiger partial charge in [-0.15, -0.1) is 11.6 Å². The number of ether oxygens (including phenoxy) is 1. The molecular weight excluding hydrogens is 268 g/mol. The van der Waals surface area contributed by atoms with Gasteiger partial charge in [0.05, 0.1) is 11.7 Å². The quantitative estimate of drug-likeness (QED) is 0.621. The van der Waals surface area contributed by atoms with E-state index in [1.807, 2.05) is 0 Å². The van der Waals surface area contributed by atoms with E-state index in [2.05, 4.69) is 13.8 Å². The molecule has 4 unspecified atom stereocenters. The molecule has 1 aliphatic heterocycles. The third-order valence-electron chi connectivity index (χ3n) is 6.29. The Morgan fingerprint density at radius 3 is 2.55 bits per heavy atom. The minimum atomic E-state index is 0.290. The van der Waals surface area contributed by atoms with E-state index in [0.717, 1.165) is 11.8 Å². The molecule has 1 spiro atoms. The second-order valence-corrected chi connectivity index (χ2v) is 8.56. The van der Waals surface area contributed by atoms with E-state index in [-0.39, 0.29) is 0 Å². The van der Waals surface area contributed by atoms with Gasteiger partial charge in [-0.25, -0.2) is 0 Å². The number of rotatable bonds is 3. The molecule has 3 fully saturated rings. The van der Waals surface area contributed by atoms with Crippen LogP contribution in [0.4, 0.5) is 0 Å². The summed E-state index contributed by atoms with van der Waals surface area (Å²) >= 11 is 6.63. The van der Waals surface area contributed by atoms with E-state index >= 15 is 0 Å². The maximum Gasteiger partial charge on any atom is 0.0687 e. The molecule has 1 saturated heterocycles. The molecule has 1 heterocycles. The second kappa shape index (κ2) is 6.16. The fourth-order valence-corrected chi connectivity index (χ4v) is 5.23. The van der Waals surface area contributed by atoms with Crippen molar-refractivity contribution in [1.82, 2.24) is 0 Å². The van der Waals surface area contributed by atoms with E-state index in [4.69, 9.17) is 16.3 Å². The highest BCUT2D eigenvalue weighted by molar-refractivity contribution is 6.20. The van der Waals surface area contributed by atoms with E-state index in [1.165, 1.54) is 64.2 Å². The first-order valence-electron chi connectivity index (χ1n) is 8.90. The fraction of sp³-hybridized carbons (Fsp3) is 1.00. The van der Waals surface area contributed by atoms with Crippen molar-refractivity contribution in [2.24, 2.45) is 17.8 Å². The summed E-state index contributed by atoms with van der Waals surface area (Å²) in [5, 5.41) is 0.397. The molecule has 2 saturated carbocycles. The fourth-order valence-electron chi connectivity index (χ4n) is 4.90. The lowest BCUT2D eigenvalue weighted by molar-refractivity contribution is -0.0470. The molecule has 0 aromatic carbocycles. The molecule has 0 amide bonds. The Morgan fingerprint density at radius 1 is 1.10 bits per heavy atom. The highest BCUT2D eigenvalue weighted by atomic mass is 35.5. The van der Waals surface area contributed by atoms with Crippen LogP contribution in [0.2, 0.25) is 0 Å². The van der Waals surface area contributed by atoms with Crippen molar-refractivity contribution in [2.75, 3.05) is 0 Å². The summed E-state index contributed by atoms with van der Waals surface area (Å²) in [5.41, 5.74) is 0.290. The van der Waals surface area contributed by atoms with Crippen LogP contribution in [0, 0.1) is 17.8 Å². The number of hydrogen-bond acceptors (Lipinski definition) is 1. The third-order valence-corrected chi connectivity index (χ3v) is 6.87. The van der Waals surface area contributed by atoms with Crippen LogP contribution in [0.25, 0.3) is 0 Å². The predicted octanol–water partition coefficient (Wildman–Crippen LogP) is 5.55. The van der Waals surface area contributed by atoms with Gasteiger partial charge in [-0.05, 0) is 69.1 Å². The van der Waals surface area contributed by atoms with Gasteiger partial charge < -0.3 is 4.74 Å². The molecular formula is C18H31ClO. The first-order valence-corrected chi connectivity index (χ1v) is 9.33.